The Labute approximate surface area is 169 Å². The van der Waals surface area contributed by atoms with Crippen molar-refractivity contribution < 1.29 is 14.7 Å². The molecule has 0 saturated carbocycles. The van der Waals surface area contributed by atoms with Gasteiger partial charge in [-0.05, 0) is 48.5 Å². The number of carboxylic acids is 1. The van der Waals surface area contributed by atoms with Crippen LogP contribution in [-0.2, 0) is 4.79 Å². The van der Waals surface area contributed by atoms with Gasteiger partial charge >= 0.3 is 5.97 Å². The van der Waals surface area contributed by atoms with Crippen molar-refractivity contribution in [2.45, 2.75) is 0 Å². The molecule has 7 heteroatoms. The molecule has 0 unspecified atom stereocenters. The summed E-state index contributed by atoms with van der Waals surface area (Å²) < 4.78 is 0. The van der Waals surface area contributed by atoms with Crippen molar-refractivity contribution in [2.24, 2.45) is 0 Å². The Balaban J connectivity index is 1.84. The van der Waals surface area contributed by atoms with Crippen LogP contribution in [0.1, 0.15) is 15.2 Å². The molecule has 3 aromatic rings. The fourth-order valence-electron chi connectivity index (χ4n) is 2.33. The van der Waals surface area contributed by atoms with E-state index in [1.165, 1.54) is 29.5 Å². The number of carboxylic acid groups (broad SMARTS) is 1. The van der Waals surface area contributed by atoms with Crippen LogP contribution in [0.25, 0.3) is 16.5 Å². The number of thiophene rings is 1. The highest BCUT2D eigenvalue weighted by Gasteiger charge is 2.14. The van der Waals surface area contributed by atoms with E-state index in [2.05, 4.69) is 5.32 Å². The van der Waals surface area contributed by atoms with Crippen molar-refractivity contribution in [3.8, 4) is 10.4 Å². The van der Waals surface area contributed by atoms with Crippen LogP contribution >= 0.6 is 34.5 Å². The summed E-state index contributed by atoms with van der Waals surface area (Å²) in [5.74, 6) is -1.76. The summed E-state index contributed by atoms with van der Waals surface area (Å²) in [6.45, 7) is 0. The zero-order chi connectivity index (χ0) is 19.4. The number of nitrogens with one attached hydrogen (secondary N) is 1. The first-order valence-electron chi connectivity index (χ1n) is 7.80. The molecule has 1 heterocycles. The molecule has 0 spiro atoms. The lowest BCUT2D eigenvalue weighted by Crippen LogP contribution is -2.27. The maximum absolute atomic E-state index is 12.3. The van der Waals surface area contributed by atoms with Gasteiger partial charge in [0, 0.05) is 30.9 Å². The predicted molar refractivity (Wildman–Crippen MR) is 109 cm³/mol. The van der Waals surface area contributed by atoms with E-state index in [0.29, 0.717) is 20.5 Å². The number of amides is 1. The summed E-state index contributed by atoms with van der Waals surface area (Å²) in [6.07, 6.45) is 1.42. The van der Waals surface area contributed by atoms with Gasteiger partial charge in [-0.25, -0.2) is 4.79 Å². The second kappa shape index (κ2) is 8.39. The first kappa shape index (κ1) is 19.2. The van der Waals surface area contributed by atoms with Crippen LogP contribution in [0.4, 0.5) is 0 Å². The largest absolute Gasteiger partial charge is 0.477 e. The molecule has 0 bridgehead atoms. The molecule has 2 aromatic carbocycles. The minimum atomic E-state index is -1.23. The maximum atomic E-state index is 12.3. The van der Waals surface area contributed by atoms with Gasteiger partial charge in [-0.3, -0.25) is 4.79 Å². The Morgan fingerprint density at radius 1 is 0.963 bits per heavy atom. The van der Waals surface area contributed by atoms with E-state index >= 15 is 0 Å². The first-order valence-corrected chi connectivity index (χ1v) is 9.38. The summed E-state index contributed by atoms with van der Waals surface area (Å²) >= 11 is 13.4. The van der Waals surface area contributed by atoms with E-state index in [4.69, 9.17) is 23.2 Å². The Morgan fingerprint density at radius 3 is 2.33 bits per heavy atom. The molecular formula is C20H13Cl2NO3S. The molecule has 1 aromatic heterocycles. The number of halogens is 2. The summed E-state index contributed by atoms with van der Waals surface area (Å²) in [5.41, 5.74) is 0.961. The molecule has 136 valence electrons. The highest BCUT2D eigenvalue weighted by atomic mass is 35.5. The van der Waals surface area contributed by atoms with Crippen LogP contribution in [0, 0.1) is 0 Å². The van der Waals surface area contributed by atoms with E-state index < -0.39 is 11.9 Å². The van der Waals surface area contributed by atoms with Crippen molar-refractivity contribution in [3.05, 3.63) is 86.8 Å². The van der Waals surface area contributed by atoms with Crippen molar-refractivity contribution in [2.75, 3.05) is 0 Å². The number of aliphatic carboxylic acids is 1. The summed E-state index contributed by atoms with van der Waals surface area (Å²) in [7, 11) is 0. The second-order valence-corrected chi connectivity index (χ2v) is 7.47. The van der Waals surface area contributed by atoms with Crippen molar-refractivity contribution in [1.82, 2.24) is 5.32 Å². The van der Waals surface area contributed by atoms with Crippen LogP contribution in [0.3, 0.4) is 0 Å². The molecular weight excluding hydrogens is 405 g/mol. The van der Waals surface area contributed by atoms with Crippen molar-refractivity contribution in [3.63, 3.8) is 0 Å². The van der Waals surface area contributed by atoms with E-state index in [1.54, 1.807) is 24.3 Å². The molecule has 0 atom stereocenters. The maximum Gasteiger partial charge on any atom is 0.352 e. The third-order valence-corrected chi connectivity index (χ3v) is 5.28. The zero-order valence-corrected chi connectivity index (χ0v) is 16.1. The summed E-state index contributed by atoms with van der Waals surface area (Å²) in [5, 5.41) is 13.0. The fraction of sp³-hybridized carbons (Fsp3) is 0. The lowest BCUT2D eigenvalue weighted by Gasteiger charge is -2.06. The third kappa shape index (κ3) is 4.77. The number of benzene rings is 2. The minimum absolute atomic E-state index is 0.220. The lowest BCUT2D eigenvalue weighted by molar-refractivity contribution is -0.132. The molecule has 0 fully saturated rings. The average molecular weight is 418 g/mol. The van der Waals surface area contributed by atoms with Gasteiger partial charge in [-0.1, -0.05) is 41.4 Å². The normalized spacial score (nSPS) is 11.3. The molecule has 0 saturated heterocycles. The zero-order valence-electron chi connectivity index (χ0n) is 13.8. The molecule has 4 nitrogen and oxygen atoms in total. The highest BCUT2D eigenvalue weighted by Crippen LogP contribution is 2.33. The second-order valence-electron chi connectivity index (χ2n) is 5.51. The monoisotopic (exact) mass is 417 g/mol. The molecule has 0 radical (unpaired) electrons. The lowest BCUT2D eigenvalue weighted by atomic mass is 10.2. The minimum Gasteiger partial charge on any atom is -0.477 e. The van der Waals surface area contributed by atoms with Crippen LogP contribution in [0.2, 0.25) is 10.0 Å². The van der Waals surface area contributed by atoms with E-state index in [-0.39, 0.29) is 5.70 Å². The molecule has 0 aliphatic carbocycles. The van der Waals surface area contributed by atoms with E-state index in [9.17, 15) is 14.7 Å². The Kier molecular flexibility index (Phi) is 5.96. The van der Waals surface area contributed by atoms with Gasteiger partial charge < -0.3 is 10.4 Å². The number of rotatable bonds is 5. The topological polar surface area (TPSA) is 66.4 Å². The van der Waals surface area contributed by atoms with E-state index in [0.717, 1.165) is 10.4 Å². The number of hydrogen-bond donors (Lipinski definition) is 2. The van der Waals surface area contributed by atoms with Gasteiger partial charge in [-0.2, -0.15) is 0 Å². The molecule has 0 aliphatic rings. The first-order chi connectivity index (χ1) is 12.9. The Morgan fingerprint density at radius 2 is 1.67 bits per heavy atom. The van der Waals surface area contributed by atoms with Crippen LogP contribution < -0.4 is 5.32 Å². The van der Waals surface area contributed by atoms with Crippen LogP contribution in [0.5, 0.6) is 0 Å². The van der Waals surface area contributed by atoms with Crippen molar-refractivity contribution >= 4 is 52.5 Å². The molecule has 0 aliphatic heterocycles. The summed E-state index contributed by atoms with van der Waals surface area (Å²) in [4.78, 5) is 25.4. The molecule has 2 N–H and O–H groups in total. The van der Waals surface area contributed by atoms with E-state index in [1.807, 2.05) is 24.3 Å². The smallest absolute Gasteiger partial charge is 0.352 e. The standard InChI is InChI=1S/C20H13Cl2NO3S/c21-13-7-5-12(6-8-13)19(24)23-17(20(25)26)11-14-9-10-18(27-14)15-3-1-2-4-16(15)22/h1-11H,(H,23,24)(H,25,26). The predicted octanol–water partition coefficient (Wildman–Crippen LogP) is 5.58. The van der Waals surface area contributed by atoms with Gasteiger partial charge in [0.25, 0.3) is 5.91 Å². The van der Waals surface area contributed by atoms with Gasteiger partial charge in [0.05, 0.1) is 0 Å². The molecule has 1 amide bonds. The molecule has 3 rings (SSSR count). The van der Waals surface area contributed by atoms with Gasteiger partial charge in [0.2, 0.25) is 0 Å². The summed E-state index contributed by atoms with van der Waals surface area (Å²) in [6, 6.07) is 17.2. The quantitative estimate of drug-likeness (QED) is 0.532. The van der Waals surface area contributed by atoms with Gasteiger partial charge in [0.15, 0.2) is 0 Å². The number of carbonyl (C=O) groups excluding carboxylic acids is 1. The van der Waals surface area contributed by atoms with Gasteiger partial charge in [0.1, 0.15) is 5.70 Å². The average Bonchev–Trinajstić information content (AvgIpc) is 3.10. The SMILES string of the molecule is O=C(O)C(=Cc1ccc(-c2ccccc2Cl)s1)NC(=O)c1ccc(Cl)cc1. The number of hydrogen-bond acceptors (Lipinski definition) is 3. The van der Waals surface area contributed by atoms with Gasteiger partial charge in [-0.15, -0.1) is 11.3 Å². The Bertz CT molecular complexity index is 1030. The third-order valence-electron chi connectivity index (χ3n) is 3.64. The van der Waals surface area contributed by atoms with Crippen LogP contribution in [0.15, 0.2) is 66.4 Å². The molecule has 27 heavy (non-hydrogen) atoms. The fourth-order valence-corrected chi connectivity index (χ4v) is 3.74. The number of carbonyl (C=O) groups is 2. The van der Waals surface area contributed by atoms with Crippen molar-refractivity contribution in [1.29, 1.82) is 0 Å². The Hall–Kier alpha value is -2.60. The highest BCUT2D eigenvalue weighted by molar-refractivity contribution is 7.16. The van der Waals surface area contributed by atoms with Crippen LogP contribution in [-0.4, -0.2) is 17.0 Å².